The van der Waals surface area contributed by atoms with Crippen molar-refractivity contribution in [1.29, 1.82) is 0 Å². The number of aromatic nitrogens is 3. The fourth-order valence-electron chi connectivity index (χ4n) is 4.06. The fourth-order valence-corrected chi connectivity index (χ4v) is 4.06. The summed E-state index contributed by atoms with van der Waals surface area (Å²) in [5.41, 5.74) is 1.78. The molecule has 2 unspecified atom stereocenters. The quantitative estimate of drug-likeness (QED) is 0.707. The van der Waals surface area contributed by atoms with Gasteiger partial charge in [0.15, 0.2) is 17.8 Å². The van der Waals surface area contributed by atoms with Crippen molar-refractivity contribution in [3.8, 4) is 11.5 Å². The van der Waals surface area contributed by atoms with Crippen LogP contribution in [0.4, 0.5) is 0 Å². The van der Waals surface area contributed by atoms with Crippen LogP contribution in [0.1, 0.15) is 66.5 Å². The number of carbonyl (C=O) groups excluding carboxylic acids is 1. The van der Waals surface area contributed by atoms with Gasteiger partial charge in [-0.2, -0.15) is 5.10 Å². The highest BCUT2D eigenvalue weighted by molar-refractivity contribution is 5.83. The van der Waals surface area contributed by atoms with Gasteiger partial charge in [0.05, 0.1) is 32.2 Å². The molecule has 0 saturated heterocycles. The Labute approximate surface area is 153 Å². The van der Waals surface area contributed by atoms with E-state index < -0.39 is 0 Å². The molecule has 0 aromatic carbocycles. The number of aldehydes is 1. The Kier molecular flexibility index (Phi) is 4.91. The van der Waals surface area contributed by atoms with Crippen LogP contribution in [0.2, 0.25) is 0 Å². The first kappa shape index (κ1) is 17.1. The summed E-state index contributed by atoms with van der Waals surface area (Å²) in [6.07, 6.45) is 13.1. The Morgan fingerprint density at radius 2 is 2.00 bits per heavy atom. The molecule has 0 radical (unpaired) electrons. The zero-order valence-electron chi connectivity index (χ0n) is 15.1. The maximum Gasteiger partial charge on any atom is 0.157 e. The van der Waals surface area contributed by atoms with Crippen molar-refractivity contribution >= 4 is 6.29 Å². The minimum Gasteiger partial charge on any atom is -0.494 e. The van der Waals surface area contributed by atoms with E-state index in [1.807, 2.05) is 6.20 Å². The third-order valence-electron chi connectivity index (χ3n) is 5.59. The normalized spacial score (nSPS) is 22.8. The second-order valence-electron chi connectivity index (χ2n) is 7.27. The molecule has 0 spiro atoms. The third kappa shape index (κ3) is 3.32. The average molecular weight is 355 g/mol. The predicted octanol–water partition coefficient (Wildman–Crippen LogP) is 3.79. The van der Waals surface area contributed by atoms with Crippen molar-refractivity contribution in [1.82, 2.24) is 14.8 Å². The van der Waals surface area contributed by atoms with E-state index in [-0.39, 0.29) is 0 Å². The van der Waals surface area contributed by atoms with E-state index in [2.05, 4.69) is 20.8 Å². The SMILES string of the molecule is COc1cncc(OCC2CCCCC2c2ccnn2C2CC2)c1C=O. The van der Waals surface area contributed by atoms with Gasteiger partial charge in [0, 0.05) is 23.7 Å². The van der Waals surface area contributed by atoms with E-state index in [1.165, 1.54) is 51.1 Å². The van der Waals surface area contributed by atoms with Crippen LogP contribution in [0.25, 0.3) is 0 Å². The molecular weight excluding hydrogens is 330 g/mol. The van der Waals surface area contributed by atoms with E-state index in [4.69, 9.17) is 9.47 Å². The summed E-state index contributed by atoms with van der Waals surface area (Å²) in [4.78, 5) is 15.6. The van der Waals surface area contributed by atoms with Gasteiger partial charge in [0.25, 0.3) is 0 Å². The summed E-state index contributed by atoms with van der Waals surface area (Å²) in [6.45, 7) is 0.580. The summed E-state index contributed by atoms with van der Waals surface area (Å²) in [5.74, 6) is 1.83. The van der Waals surface area contributed by atoms with Crippen LogP contribution in [-0.2, 0) is 0 Å². The monoisotopic (exact) mass is 355 g/mol. The summed E-state index contributed by atoms with van der Waals surface area (Å²) >= 11 is 0. The molecule has 2 atom stereocenters. The molecule has 26 heavy (non-hydrogen) atoms. The van der Waals surface area contributed by atoms with Gasteiger partial charge in [-0.25, -0.2) is 0 Å². The van der Waals surface area contributed by atoms with Crippen LogP contribution in [0, 0.1) is 5.92 Å². The number of carbonyl (C=O) groups is 1. The molecule has 2 aliphatic carbocycles. The summed E-state index contributed by atoms with van der Waals surface area (Å²) < 4.78 is 13.5. The first-order chi connectivity index (χ1) is 12.8. The lowest BCUT2D eigenvalue weighted by molar-refractivity contribution is 0.111. The molecule has 2 aromatic heterocycles. The largest absolute Gasteiger partial charge is 0.494 e. The topological polar surface area (TPSA) is 66.2 Å². The maximum atomic E-state index is 11.4. The Balaban J connectivity index is 1.51. The molecule has 2 aliphatic rings. The molecule has 0 bridgehead atoms. The molecule has 6 nitrogen and oxygen atoms in total. The Morgan fingerprint density at radius 1 is 1.19 bits per heavy atom. The second kappa shape index (κ2) is 7.48. The van der Waals surface area contributed by atoms with Gasteiger partial charge in [-0.15, -0.1) is 0 Å². The van der Waals surface area contributed by atoms with Gasteiger partial charge in [-0.1, -0.05) is 12.8 Å². The third-order valence-corrected chi connectivity index (χ3v) is 5.59. The standard InChI is InChI=1S/C20H25N3O3/c1-25-19-10-21-11-20(17(19)12-24)26-13-14-4-2-3-5-16(14)18-8-9-22-23(18)15-6-7-15/h8-12,14-16H,2-7,13H2,1H3. The molecular formula is C20H25N3O3. The number of rotatable bonds is 7. The highest BCUT2D eigenvalue weighted by Crippen LogP contribution is 2.42. The molecule has 2 fully saturated rings. The molecule has 2 saturated carbocycles. The van der Waals surface area contributed by atoms with Gasteiger partial charge in [0.2, 0.25) is 0 Å². The fraction of sp³-hybridized carbons (Fsp3) is 0.550. The van der Waals surface area contributed by atoms with Crippen molar-refractivity contribution < 1.29 is 14.3 Å². The highest BCUT2D eigenvalue weighted by Gasteiger charge is 2.33. The van der Waals surface area contributed by atoms with Gasteiger partial charge in [-0.3, -0.25) is 14.5 Å². The zero-order valence-corrected chi connectivity index (χ0v) is 15.1. The number of hydrogen-bond donors (Lipinski definition) is 0. The molecule has 4 rings (SSSR count). The molecule has 0 amide bonds. The summed E-state index contributed by atoms with van der Waals surface area (Å²) in [5, 5.41) is 4.56. The van der Waals surface area contributed by atoms with Gasteiger partial charge in [-0.05, 0) is 31.7 Å². The minimum atomic E-state index is 0.420. The number of pyridine rings is 1. The Hall–Kier alpha value is -2.37. The summed E-state index contributed by atoms with van der Waals surface area (Å²) in [6, 6.07) is 2.76. The van der Waals surface area contributed by atoms with Crippen molar-refractivity contribution in [2.24, 2.45) is 5.92 Å². The molecule has 6 heteroatoms. The van der Waals surface area contributed by atoms with E-state index in [0.29, 0.717) is 41.5 Å². The molecule has 138 valence electrons. The summed E-state index contributed by atoms with van der Waals surface area (Å²) in [7, 11) is 1.53. The van der Waals surface area contributed by atoms with Crippen LogP contribution in [-0.4, -0.2) is 34.8 Å². The maximum absolute atomic E-state index is 11.4. The molecule has 2 heterocycles. The molecule has 0 N–H and O–H groups in total. The second-order valence-corrected chi connectivity index (χ2v) is 7.27. The Bertz CT molecular complexity index is 769. The van der Waals surface area contributed by atoms with E-state index in [1.54, 1.807) is 6.20 Å². The van der Waals surface area contributed by atoms with Gasteiger partial charge < -0.3 is 9.47 Å². The van der Waals surface area contributed by atoms with Gasteiger partial charge in [0.1, 0.15) is 5.56 Å². The lowest BCUT2D eigenvalue weighted by Crippen LogP contribution is -2.26. The van der Waals surface area contributed by atoms with Crippen LogP contribution in [0.3, 0.4) is 0 Å². The number of ether oxygens (including phenoxy) is 2. The number of methoxy groups -OCH3 is 1. The van der Waals surface area contributed by atoms with Crippen molar-refractivity contribution in [2.45, 2.75) is 50.5 Å². The number of hydrogen-bond acceptors (Lipinski definition) is 5. The van der Waals surface area contributed by atoms with Crippen molar-refractivity contribution in [2.75, 3.05) is 13.7 Å². The molecule has 2 aromatic rings. The molecule has 0 aliphatic heterocycles. The van der Waals surface area contributed by atoms with Crippen molar-refractivity contribution in [3.63, 3.8) is 0 Å². The lowest BCUT2D eigenvalue weighted by Gasteiger charge is -2.32. The Morgan fingerprint density at radius 3 is 2.77 bits per heavy atom. The van der Waals surface area contributed by atoms with Crippen LogP contribution >= 0.6 is 0 Å². The smallest absolute Gasteiger partial charge is 0.157 e. The van der Waals surface area contributed by atoms with Crippen LogP contribution in [0.15, 0.2) is 24.7 Å². The minimum absolute atomic E-state index is 0.420. The van der Waals surface area contributed by atoms with Gasteiger partial charge >= 0.3 is 0 Å². The number of nitrogens with zero attached hydrogens (tertiary/aromatic N) is 3. The van der Waals surface area contributed by atoms with E-state index in [0.717, 1.165) is 12.7 Å². The van der Waals surface area contributed by atoms with Crippen molar-refractivity contribution in [3.05, 3.63) is 35.9 Å². The van der Waals surface area contributed by atoms with E-state index >= 15 is 0 Å². The van der Waals surface area contributed by atoms with E-state index in [9.17, 15) is 4.79 Å². The van der Waals surface area contributed by atoms with Crippen LogP contribution < -0.4 is 9.47 Å². The van der Waals surface area contributed by atoms with Crippen LogP contribution in [0.5, 0.6) is 11.5 Å². The lowest BCUT2D eigenvalue weighted by atomic mass is 9.78. The highest BCUT2D eigenvalue weighted by atomic mass is 16.5. The first-order valence-corrected chi connectivity index (χ1v) is 9.45. The predicted molar refractivity (Wildman–Crippen MR) is 96.9 cm³/mol. The first-order valence-electron chi connectivity index (χ1n) is 9.45. The average Bonchev–Trinajstić information content (AvgIpc) is 3.42. The zero-order chi connectivity index (χ0) is 17.9.